The van der Waals surface area contributed by atoms with Gasteiger partial charge >= 0.3 is 91.1 Å². The maximum atomic E-state index is 11.3. The van der Waals surface area contributed by atoms with Crippen LogP contribution in [0.4, 0.5) is 0 Å². The molecule has 0 saturated heterocycles. The van der Waals surface area contributed by atoms with Gasteiger partial charge in [0.1, 0.15) is 0 Å². The molecule has 0 bridgehead atoms. The van der Waals surface area contributed by atoms with E-state index in [1.54, 1.807) is 0 Å². The quantitative estimate of drug-likeness (QED) is 0.695. The van der Waals surface area contributed by atoms with Gasteiger partial charge in [-0.3, -0.25) is 0 Å². The number of rotatable bonds is 0. The number of para-hydroxylation sites is 2. The van der Waals surface area contributed by atoms with E-state index in [0.29, 0.717) is 0 Å². The minimum atomic E-state index is -1.84. The second-order valence-electron chi connectivity index (χ2n) is 2.69. The Balaban J connectivity index is 2.31. The van der Waals surface area contributed by atoms with Crippen LogP contribution in [0.2, 0.25) is 0 Å². The van der Waals surface area contributed by atoms with Gasteiger partial charge < -0.3 is 0 Å². The zero-order chi connectivity index (χ0) is 9.54. The molecule has 1 aromatic heterocycles. The van der Waals surface area contributed by atoms with Crippen molar-refractivity contribution < 1.29 is 3.83 Å². The summed E-state index contributed by atoms with van der Waals surface area (Å²) in [5, 5.41) is 1.66. The molecule has 0 N–H and O–H groups in total. The standard InChI is InChI=1S/C8H4N2OS2Se/c11-14-12-7-8(13-14)10-6-4-2-1-3-5(6)9-7/h1-4H. The molecule has 0 fully saturated rings. The SMILES string of the molecule is O=[Se]1Sc2nc3ccccc3nc2S1. The van der Waals surface area contributed by atoms with Gasteiger partial charge in [0.25, 0.3) is 0 Å². The average molecular weight is 287 g/mol. The van der Waals surface area contributed by atoms with Crippen molar-refractivity contribution in [1.82, 2.24) is 9.97 Å². The van der Waals surface area contributed by atoms with Crippen LogP contribution >= 0.6 is 20.4 Å². The fraction of sp³-hybridized carbons (Fsp3) is 0. The molecule has 0 unspecified atom stereocenters. The fourth-order valence-corrected chi connectivity index (χ4v) is 8.82. The summed E-state index contributed by atoms with van der Waals surface area (Å²) >= 11 is -1.84. The third-order valence-electron chi connectivity index (χ3n) is 1.80. The Bertz CT molecular complexity index is 499. The van der Waals surface area contributed by atoms with Gasteiger partial charge in [0.2, 0.25) is 0 Å². The van der Waals surface area contributed by atoms with Crippen molar-refractivity contribution in [3.8, 4) is 0 Å². The average Bonchev–Trinajstić information content (AvgIpc) is 2.53. The van der Waals surface area contributed by atoms with Gasteiger partial charge in [-0.25, -0.2) is 0 Å². The molecule has 1 aliphatic heterocycles. The van der Waals surface area contributed by atoms with Crippen LogP contribution in [-0.4, -0.2) is 21.6 Å². The van der Waals surface area contributed by atoms with Gasteiger partial charge in [-0.1, -0.05) is 0 Å². The van der Waals surface area contributed by atoms with Gasteiger partial charge in [0.15, 0.2) is 0 Å². The van der Waals surface area contributed by atoms with E-state index in [2.05, 4.69) is 9.97 Å². The predicted molar refractivity (Wildman–Crippen MR) is 57.7 cm³/mol. The van der Waals surface area contributed by atoms with Crippen LogP contribution in [0, 0.1) is 0 Å². The van der Waals surface area contributed by atoms with E-state index in [1.807, 2.05) is 24.3 Å². The number of hydrogen-bond acceptors (Lipinski definition) is 5. The Morgan fingerprint density at radius 3 is 2.00 bits per heavy atom. The Morgan fingerprint density at radius 2 is 1.50 bits per heavy atom. The van der Waals surface area contributed by atoms with Crippen LogP contribution in [0.1, 0.15) is 0 Å². The summed E-state index contributed by atoms with van der Waals surface area (Å²) in [5.41, 5.74) is 1.75. The molecule has 0 saturated carbocycles. The second-order valence-corrected chi connectivity index (χ2v) is 11.0. The first kappa shape index (κ1) is 8.85. The minimum absolute atomic E-state index is 0.828. The Hall–Kier alpha value is -0.421. The van der Waals surface area contributed by atoms with Crippen LogP contribution in [-0.2, 0) is 3.83 Å². The number of nitrogens with zero attached hydrogens (tertiary/aromatic N) is 2. The van der Waals surface area contributed by atoms with Crippen LogP contribution in [0.3, 0.4) is 0 Å². The molecule has 0 atom stereocenters. The summed E-state index contributed by atoms with van der Waals surface area (Å²) in [6, 6.07) is 7.71. The number of fused-ring (bicyclic) bond motifs is 2. The summed E-state index contributed by atoms with van der Waals surface area (Å²) in [7, 11) is 2.73. The van der Waals surface area contributed by atoms with Crippen LogP contribution in [0.5, 0.6) is 0 Å². The maximum absolute atomic E-state index is 11.3. The van der Waals surface area contributed by atoms with E-state index in [-0.39, 0.29) is 0 Å². The molecule has 70 valence electrons. The Morgan fingerprint density at radius 1 is 1.00 bits per heavy atom. The zero-order valence-electron chi connectivity index (χ0n) is 6.84. The summed E-state index contributed by atoms with van der Waals surface area (Å²) in [4.78, 5) is 8.83. The summed E-state index contributed by atoms with van der Waals surface area (Å²) < 4.78 is 11.3. The molecule has 3 rings (SSSR count). The van der Waals surface area contributed by atoms with E-state index in [4.69, 9.17) is 0 Å². The van der Waals surface area contributed by atoms with Gasteiger partial charge in [-0.15, -0.1) is 0 Å². The first-order valence-electron chi connectivity index (χ1n) is 3.88. The summed E-state index contributed by atoms with van der Waals surface area (Å²) in [6.07, 6.45) is 0. The van der Waals surface area contributed by atoms with Crippen LogP contribution in [0.15, 0.2) is 34.3 Å². The van der Waals surface area contributed by atoms with E-state index < -0.39 is 11.6 Å². The normalized spacial score (nSPS) is 16.0. The topological polar surface area (TPSA) is 42.9 Å². The number of benzene rings is 1. The molecule has 14 heavy (non-hydrogen) atoms. The van der Waals surface area contributed by atoms with Crippen LogP contribution < -0.4 is 0 Å². The molecule has 3 nitrogen and oxygen atoms in total. The van der Waals surface area contributed by atoms with Gasteiger partial charge in [0, 0.05) is 0 Å². The third kappa shape index (κ3) is 1.39. The van der Waals surface area contributed by atoms with Crippen molar-refractivity contribution in [3.05, 3.63) is 24.3 Å². The fourth-order valence-electron chi connectivity index (χ4n) is 1.22. The molecular formula is C8H4N2OS2Se. The monoisotopic (exact) mass is 288 g/mol. The Kier molecular flexibility index (Phi) is 2.09. The molecule has 2 aromatic rings. The second kappa shape index (κ2) is 3.31. The van der Waals surface area contributed by atoms with Crippen molar-refractivity contribution >= 4 is 43.0 Å². The number of aromatic nitrogens is 2. The molecule has 0 amide bonds. The van der Waals surface area contributed by atoms with Crippen molar-refractivity contribution in [2.75, 3.05) is 0 Å². The summed E-state index contributed by atoms with van der Waals surface area (Å²) in [6.45, 7) is 0. The van der Waals surface area contributed by atoms with E-state index in [1.165, 1.54) is 20.4 Å². The van der Waals surface area contributed by atoms with Crippen molar-refractivity contribution in [1.29, 1.82) is 0 Å². The number of hydrogen-bond donors (Lipinski definition) is 0. The first-order valence-corrected chi connectivity index (χ1v) is 10.3. The predicted octanol–water partition coefficient (Wildman–Crippen LogP) is 2.24. The first-order chi connectivity index (χ1) is 6.83. The van der Waals surface area contributed by atoms with E-state index in [0.717, 1.165) is 21.1 Å². The van der Waals surface area contributed by atoms with Crippen LogP contribution in [0.25, 0.3) is 11.0 Å². The molecular weight excluding hydrogens is 283 g/mol. The van der Waals surface area contributed by atoms with E-state index >= 15 is 0 Å². The molecule has 6 heteroatoms. The molecule has 0 spiro atoms. The van der Waals surface area contributed by atoms with Gasteiger partial charge in [-0.2, -0.15) is 0 Å². The van der Waals surface area contributed by atoms with E-state index in [9.17, 15) is 3.83 Å². The molecule has 0 aliphatic carbocycles. The molecule has 1 aromatic carbocycles. The van der Waals surface area contributed by atoms with Crippen molar-refractivity contribution in [2.45, 2.75) is 10.1 Å². The Labute approximate surface area is 90.9 Å². The molecule has 0 radical (unpaired) electrons. The molecule has 2 heterocycles. The van der Waals surface area contributed by atoms with Crippen molar-refractivity contribution in [2.24, 2.45) is 0 Å². The molecule has 1 aliphatic rings. The summed E-state index contributed by atoms with van der Waals surface area (Å²) in [5.74, 6) is 0. The zero-order valence-corrected chi connectivity index (χ0v) is 10.2. The van der Waals surface area contributed by atoms with Gasteiger partial charge in [0.05, 0.1) is 0 Å². The third-order valence-corrected chi connectivity index (χ3v) is 8.91. The van der Waals surface area contributed by atoms with Crippen molar-refractivity contribution in [3.63, 3.8) is 0 Å². The van der Waals surface area contributed by atoms with Gasteiger partial charge in [-0.05, 0) is 0 Å².